The van der Waals surface area contributed by atoms with Crippen LogP contribution < -0.4 is 5.73 Å². The number of carbonyl (C=O) groups is 1. The molecule has 0 amide bonds. The van der Waals surface area contributed by atoms with E-state index in [4.69, 9.17) is 5.73 Å². The third kappa shape index (κ3) is 1.92. The van der Waals surface area contributed by atoms with Crippen LogP contribution in [0, 0.1) is 0 Å². The van der Waals surface area contributed by atoms with Gasteiger partial charge in [-0.25, -0.2) is 4.79 Å². The van der Waals surface area contributed by atoms with Crippen LogP contribution in [0.1, 0.15) is 12.5 Å². The van der Waals surface area contributed by atoms with E-state index in [2.05, 4.69) is 18.2 Å². The predicted octanol–water partition coefficient (Wildman–Crippen LogP) is 3.25. The molecular weight excluding hydrogens is 250 g/mol. The zero-order chi connectivity index (χ0) is 14.3. The molecule has 0 spiro atoms. The molecule has 0 fully saturated rings. The summed E-state index contributed by atoms with van der Waals surface area (Å²) >= 11 is 0. The van der Waals surface area contributed by atoms with E-state index in [0.717, 1.165) is 16.2 Å². The first-order valence-electron chi connectivity index (χ1n) is 6.44. The Morgan fingerprint density at radius 3 is 2.10 bits per heavy atom. The van der Waals surface area contributed by atoms with Crippen LogP contribution in [0.4, 0.5) is 0 Å². The van der Waals surface area contributed by atoms with Gasteiger partial charge in [0.15, 0.2) is 0 Å². The summed E-state index contributed by atoms with van der Waals surface area (Å²) in [6.07, 6.45) is 0. The zero-order valence-corrected chi connectivity index (χ0v) is 11.1. The van der Waals surface area contributed by atoms with E-state index in [0.29, 0.717) is 5.56 Å². The highest BCUT2D eigenvalue weighted by molar-refractivity contribution is 5.98. The average Bonchev–Trinajstić information content (AvgIpc) is 2.44. The van der Waals surface area contributed by atoms with Crippen LogP contribution in [0.5, 0.6) is 0 Å². The first kappa shape index (κ1) is 12.6. The molecule has 3 N–H and O–H groups in total. The van der Waals surface area contributed by atoms with E-state index < -0.39 is 11.5 Å². The Bertz CT molecular complexity index is 821. The molecule has 0 aliphatic carbocycles. The number of hydrogen-bond acceptors (Lipinski definition) is 2. The summed E-state index contributed by atoms with van der Waals surface area (Å²) in [7, 11) is 0. The van der Waals surface area contributed by atoms with E-state index in [9.17, 15) is 9.90 Å². The van der Waals surface area contributed by atoms with Crippen LogP contribution in [-0.4, -0.2) is 11.1 Å². The maximum atomic E-state index is 11.2. The molecule has 3 rings (SSSR count). The summed E-state index contributed by atoms with van der Waals surface area (Å²) in [5, 5.41) is 13.6. The minimum Gasteiger partial charge on any atom is -0.480 e. The van der Waals surface area contributed by atoms with Gasteiger partial charge in [-0.05, 0) is 52.2 Å². The van der Waals surface area contributed by atoms with Gasteiger partial charge in [0.2, 0.25) is 0 Å². The molecule has 0 aromatic heterocycles. The fraction of sp³-hybridized carbons (Fsp3) is 0.118. The minimum atomic E-state index is -1.38. The van der Waals surface area contributed by atoms with Crippen molar-refractivity contribution < 1.29 is 9.90 Å². The lowest BCUT2D eigenvalue weighted by molar-refractivity contribution is -0.143. The molecular formula is C17H15NO2. The number of carboxylic acid groups (broad SMARTS) is 1. The van der Waals surface area contributed by atoms with Crippen LogP contribution in [0.25, 0.3) is 21.5 Å². The van der Waals surface area contributed by atoms with Gasteiger partial charge in [-0.3, -0.25) is 0 Å². The molecule has 0 bridgehead atoms. The lowest BCUT2D eigenvalue weighted by atomic mass is 9.91. The van der Waals surface area contributed by atoms with Crippen molar-refractivity contribution in [2.75, 3.05) is 0 Å². The van der Waals surface area contributed by atoms with Crippen molar-refractivity contribution in [2.45, 2.75) is 12.5 Å². The van der Waals surface area contributed by atoms with Crippen molar-refractivity contribution in [3.8, 4) is 0 Å². The topological polar surface area (TPSA) is 63.3 Å². The van der Waals surface area contributed by atoms with Gasteiger partial charge in [0.1, 0.15) is 5.54 Å². The highest BCUT2D eigenvalue weighted by Gasteiger charge is 2.30. The first-order chi connectivity index (χ1) is 9.48. The fourth-order valence-corrected chi connectivity index (χ4v) is 2.39. The molecule has 0 heterocycles. The van der Waals surface area contributed by atoms with Gasteiger partial charge in [0, 0.05) is 0 Å². The molecule has 0 unspecified atom stereocenters. The average molecular weight is 265 g/mol. The number of benzene rings is 3. The molecule has 0 saturated carbocycles. The molecule has 0 radical (unpaired) electrons. The highest BCUT2D eigenvalue weighted by Crippen LogP contribution is 2.27. The molecule has 0 aliphatic rings. The summed E-state index contributed by atoms with van der Waals surface area (Å²) < 4.78 is 0. The van der Waals surface area contributed by atoms with Crippen LogP contribution in [-0.2, 0) is 10.3 Å². The van der Waals surface area contributed by atoms with Crippen molar-refractivity contribution >= 4 is 27.5 Å². The summed E-state index contributed by atoms with van der Waals surface area (Å²) in [5.74, 6) is -1.03. The molecule has 3 aromatic rings. The summed E-state index contributed by atoms with van der Waals surface area (Å²) in [5.41, 5.74) is 5.11. The third-order valence-electron chi connectivity index (χ3n) is 3.75. The number of aliphatic carboxylic acids is 1. The second-order valence-electron chi connectivity index (χ2n) is 5.27. The van der Waals surface area contributed by atoms with Crippen molar-refractivity contribution in [3.05, 3.63) is 60.2 Å². The maximum Gasteiger partial charge on any atom is 0.328 e. The van der Waals surface area contributed by atoms with Gasteiger partial charge in [-0.15, -0.1) is 0 Å². The highest BCUT2D eigenvalue weighted by atomic mass is 16.4. The summed E-state index contributed by atoms with van der Waals surface area (Å²) in [4.78, 5) is 11.2. The number of nitrogens with two attached hydrogens (primary N) is 1. The van der Waals surface area contributed by atoms with Gasteiger partial charge in [-0.1, -0.05) is 36.4 Å². The van der Waals surface area contributed by atoms with E-state index in [-0.39, 0.29) is 0 Å². The predicted molar refractivity (Wildman–Crippen MR) is 80.6 cm³/mol. The number of carboxylic acids is 1. The molecule has 0 saturated heterocycles. The van der Waals surface area contributed by atoms with Gasteiger partial charge in [0.25, 0.3) is 0 Å². The monoisotopic (exact) mass is 265 g/mol. The van der Waals surface area contributed by atoms with E-state index in [1.807, 2.05) is 30.3 Å². The second-order valence-corrected chi connectivity index (χ2v) is 5.27. The lowest BCUT2D eigenvalue weighted by Gasteiger charge is -2.20. The Kier molecular flexibility index (Phi) is 2.73. The van der Waals surface area contributed by atoms with Crippen LogP contribution in [0.15, 0.2) is 54.6 Å². The molecule has 100 valence electrons. The van der Waals surface area contributed by atoms with Crippen LogP contribution in [0.2, 0.25) is 0 Å². The standard InChI is InChI=1S/C17H15NO2/c1-17(18,16(19)20)15-7-6-13-8-11-4-2-3-5-12(11)9-14(13)10-15/h2-10H,18H2,1H3,(H,19,20)/t17-/m1/s1. The normalized spacial score (nSPS) is 14.3. The molecule has 3 aromatic carbocycles. The quantitative estimate of drug-likeness (QED) is 0.699. The molecule has 3 heteroatoms. The maximum absolute atomic E-state index is 11.2. The van der Waals surface area contributed by atoms with Crippen molar-refractivity contribution in [2.24, 2.45) is 5.73 Å². The van der Waals surface area contributed by atoms with Gasteiger partial charge >= 0.3 is 5.97 Å². The molecule has 20 heavy (non-hydrogen) atoms. The number of fused-ring (bicyclic) bond motifs is 2. The van der Waals surface area contributed by atoms with Gasteiger partial charge in [-0.2, -0.15) is 0 Å². The van der Waals surface area contributed by atoms with Gasteiger partial charge in [0.05, 0.1) is 0 Å². The lowest BCUT2D eigenvalue weighted by Crippen LogP contribution is -2.41. The summed E-state index contributed by atoms with van der Waals surface area (Å²) in [6.45, 7) is 1.51. The molecule has 3 nitrogen and oxygen atoms in total. The Balaban J connectivity index is 2.25. The smallest absolute Gasteiger partial charge is 0.328 e. The van der Waals surface area contributed by atoms with E-state index >= 15 is 0 Å². The number of rotatable bonds is 2. The van der Waals surface area contributed by atoms with E-state index in [1.54, 1.807) is 6.07 Å². The Morgan fingerprint density at radius 1 is 0.950 bits per heavy atom. The van der Waals surface area contributed by atoms with Crippen LogP contribution in [0.3, 0.4) is 0 Å². The Morgan fingerprint density at radius 2 is 1.50 bits per heavy atom. The largest absolute Gasteiger partial charge is 0.480 e. The second kappa shape index (κ2) is 4.32. The minimum absolute atomic E-state index is 0.604. The third-order valence-corrected chi connectivity index (χ3v) is 3.75. The van der Waals surface area contributed by atoms with Crippen LogP contribution >= 0.6 is 0 Å². The van der Waals surface area contributed by atoms with E-state index in [1.165, 1.54) is 12.3 Å². The SMILES string of the molecule is C[C@](N)(C(=O)O)c1ccc2cc3ccccc3cc2c1. The Labute approximate surface area is 116 Å². The van der Waals surface area contributed by atoms with Crippen molar-refractivity contribution in [1.82, 2.24) is 0 Å². The van der Waals surface area contributed by atoms with Gasteiger partial charge < -0.3 is 10.8 Å². The number of hydrogen-bond donors (Lipinski definition) is 2. The first-order valence-corrected chi connectivity index (χ1v) is 6.44. The van der Waals surface area contributed by atoms with Crippen molar-refractivity contribution in [1.29, 1.82) is 0 Å². The molecule has 1 atom stereocenters. The Hall–Kier alpha value is -2.39. The zero-order valence-electron chi connectivity index (χ0n) is 11.1. The molecule has 0 aliphatic heterocycles. The fourth-order valence-electron chi connectivity index (χ4n) is 2.39. The summed E-state index contributed by atoms with van der Waals surface area (Å²) in [6, 6.07) is 17.8. The van der Waals surface area contributed by atoms with Crippen molar-refractivity contribution in [3.63, 3.8) is 0 Å².